The van der Waals surface area contributed by atoms with Crippen LogP contribution in [-0.2, 0) is 11.2 Å². The van der Waals surface area contributed by atoms with Crippen molar-refractivity contribution >= 4 is 0 Å². The van der Waals surface area contributed by atoms with Gasteiger partial charge >= 0.3 is 0 Å². The monoisotopic (exact) mass is 276 g/mol. The van der Waals surface area contributed by atoms with Crippen LogP contribution in [0.5, 0.6) is 0 Å². The van der Waals surface area contributed by atoms with E-state index in [0.717, 1.165) is 0 Å². The number of nitrogens with zero attached hydrogens (tertiary/aromatic N) is 1. The van der Waals surface area contributed by atoms with E-state index >= 15 is 0 Å². The smallest absolute Gasteiger partial charge is 0.127 e. The largest absolute Gasteiger partial charge is 0.389 e. The Morgan fingerprint density at radius 2 is 2.10 bits per heavy atom. The van der Waals surface area contributed by atoms with Crippen LogP contribution in [0.15, 0.2) is 18.2 Å². The highest BCUT2D eigenvalue weighted by Gasteiger charge is 2.41. The van der Waals surface area contributed by atoms with Crippen LogP contribution in [0.1, 0.15) is 24.0 Å². The minimum Gasteiger partial charge on any atom is -0.389 e. The van der Waals surface area contributed by atoms with E-state index in [-0.39, 0.29) is 18.5 Å². The van der Waals surface area contributed by atoms with Crippen molar-refractivity contribution < 1.29 is 14.2 Å². The molecule has 2 saturated heterocycles. The Hall–Kier alpha value is -1.48. The number of piperidine rings is 1. The van der Waals surface area contributed by atoms with Gasteiger partial charge in [-0.3, -0.25) is 0 Å². The number of ether oxygens (including phenoxy) is 1. The van der Waals surface area contributed by atoms with E-state index in [1.807, 2.05) is 6.07 Å². The molecule has 2 N–H and O–H groups in total. The molecule has 2 bridgehead atoms. The normalized spacial score (nSPS) is 32.6. The van der Waals surface area contributed by atoms with Gasteiger partial charge in [0.1, 0.15) is 5.82 Å². The van der Waals surface area contributed by atoms with Crippen molar-refractivity contribution in [1.29, 1.82) is 5.26 Å². The molecule has 2 aliphatic heterocycles. The quantitative estimate of drug-likeness (QED) is 0.849. The molecule has 2 fully saturated rings. The van der Waals surface area contributed by atoms with Crippen molar-refractivity contribution in [2.75, 3.05) is 13.2 Å². The number of nitrogens with one attached hydrogen (secondary N) is 1. The summed E-state index contributed by atoms with van der Waals surface area (Å²) in [7, 11) is 0. The van der Waals surface area contributed by atoms with Gasteiger partial charge in [-0.15, -0.1) is 0 Å². The molecule has 0 spiro atoms. The van der Waals surface area contributed by atoms with Crippen molar-refractivity contribution in [2.45, 2.75) is 36.9 Å². The van der Waals surface area contributed by atoms with Crippen molar-refractivity contribution in [1.82, 2.24) is 5.32 Å². The predicted molar refractivity (Wildman–Crippen MR) is 70.5 cm³/mol. The Balaban J connectivity index is 1.78. The number of nitriles is 1. The minimum absolute atomic E-state index is 0.133. The van der Waals surface area contributed by atoms with Crippen molar-refractivity contribution in [3.63, 3.8) is 0 Å². The molecule has 0 aromatic heterocycles. The molecule has 2 heterocycles. The summed E-state index contributed by atoms with van der Waals surface area (Å²) in [6.07, 6.45) is 1.39. The number of benzene rings is 1. The fourth-order valence-corrected chi connectivity index (χ4v) is 3.28. The molecule has 0 radical (unpaired) electrons. The van der Waals surface area contributed by atoms with Gasteiger partial charge in [0.25, 0.3) is 0 Å². The van der Waals surface area contributed by atoms with Gasteiger partial charge in [-0.05, 0) is 30.5 Å². The summed E-state index contributed by atoms with van der Waals surface area (Å²) < 4.78 is 19.4. The molecular weight excluding hydrogens is 259 g/mol. The van der Waals surface area contributed by atoms with Crippen molar-refractivity contribution in [3.8, 4) is 6.07 Å². The Bertz CT molecular complexity index is 543. The molecule has 3 rings (SSSR count). The third-order valence-corrected chi connectivity index (χ3v) is 4.06. The summed E-state index contributed by atoms with van der Waals surface area (Å²) >= 11 is 0. The summed E-state index contributed by atoms with van der Waals surface area (Å²) in [6, 6.07) is 6.59. The highest BCUT2D eigenvalue weighted by molar-refractivity contribution is 5.33. The minimum atomic E-state index is -0.903. The molecule has 106 valence electrons. The molecule has 1 aromatic carbocycles. The molecule has 0 aliphatic carbocycles. The standard InChI is InChI=1S/C15H17FN2O2/c16-14-3-10(7-17)1-2-11(14)4-15(19)5-12-8-20-9-13(6-15)18-12/h1-3,12-13,18-19H,4-6,8-9H2. The van der Waals surface area contributed by atoms with Crippen LogP contribution in [0.4, 0.5) is 4.39 Å². The first-order valence-corrected chi connectivity index (χ1v) is 6.83. The number of morpholine rings is 1. The second-order valence-corrected chi connectivity index (χ2v) is 5.83. The average molecular weight is 276 g/mol. The molecule has 2 unspecified atom stereocenters. The van der Waals surface area contributed by atoms with E-state index in [1.165, 1.54) is 6.07 Å². The lowest BCUT2D eigenvalue weighted by molar-refractivity contribution is -0.0758. The summed E-state index contributed by atoms with van der Waals surface area (Å²) in [5, 5.41) is 22.9. The van der Waals surface area contributed by atoms with Gasteiger partial charge in [0, 0.05) is 18.5 Å². The number of hydrogen-bond acceptors (Lipinski definition) is 4. The topological polar surface area (TPSA) is 65.3 Å². The average Bonchev–Trinajstić information content (AvgIpc) is 2.40. The lowest BCUT2D eigenvalue weighted by atomic mass is 9.79. The molecule has 0 amide bonds. The van der Waals surface area contributed by atoms with Crippen LogP contribution < -0.4 is 5.32 Å². The first-order chi connectivity index (χ1) is 9.58. The van der Waals surface area contributed by atoms with Gasteiger partial charge in [-0.1, -0.05) is 6.07 Å². The number of aliphatic hydroxyl groups is 1. The van der Waals surface area contributed by atoms with Crippen LogP contribution in [0, 0.1) is 17.1 Å². The van der Waals surface area contributed by atoms with E-state index in [4.69, 9.17) is 10.00 Å². The van der Waals surface area contributed by atoms with Crippen molar-refractivity contribution in [3.05, 3.63) is 35.1 Å². The van der Waals surface area contributed by atoms with Gasteiger partial charge in [0.2, 0.25) is 0 Å². The Morgan fingerprint density at radius 1 is 1.40 bits per heavy atom. The molecule has 0 saturated carbocycles. The Labute approximate surface area is 117 Å². The summed E-state index contributed by atoms with van der Waals surface area (Å²) in [5.41, 5.74) is -0.138. The second kappa shape index (κ2) is 5.13. The number of fused-ring (bicyclic) bond motifs is 2. The van der Waals surface area contributed by atoms with E-state index < -0.39 is 11.4 Å². The number of rotatable bonds is 2. The highest BCUT2D eigenvalue weighted by Crippen LogP contribution is 2.31. The van der Waals surface area contributed by atoms with Gasteiger partial charge in [0.05, 0.1) is 30.4 Å². The first-order valence-electron chi connectivity index (χ1n) is 6.83. The van der Waals surface area contributed by atoms with Crippen molar-refractivity contribution in [2.24, 2.45) is 0 Å². The van der Waals surface area contributed by atoms with Crippen LogP contribution in [0.3, 0.4) is 0 Å². The zero-order valence-electron chi connectivity index (χ0n) is 11.1. The summed E-state index contributed by atoms with van der Waals surface area (Å²) in [4.78, 5) is 0. The molecule has 1 aromatic rings. The molecule has 20 heavy (non-hydrogen) atoms. The zero-order valence-corrected chi connectivity index (χ0v) is 11.1. The van der Waals surface area contributed by atoms with Crippen LogP contribution in [0.25, 0.3) is 0 Å². The van der Waals surface area contributed by atoms with E-state index in [2.05, 4.69) is 5.32 Å². The molecule has 2 aliphatic rings. The summed E-state index contributed by atoms with van der Waals surface area (Å²) in [5.74, 6) is -0.419. The first kappa shape index (κ1) is 13.5. The number of hydrogen-bond donors (Lipinski definition) is 2. The SMILES string of the molecule is N#Cc1ccc(CC2(O)CC3COCC(C2)N3)c(F)c1. The van der Waals surface area contributed by atoms with E-state index in [0.29, 0.717) is 37.2 Å². The lowest BCUT2D eigenvalue weighted by Crippen LogP contribution is -2.60. The maximum Gasteiger partial charge on any atom is 0.127 e. The van der Waals surface area contributed by atoms with Gasteiger partial charge in [-0.25, -0.2) is 4.39 Å². The molecule has 5 heteroatoms. The number of halogens is 1. The Kier molecular flexibility index (Phi) is 3.47. The lowest BCUT2D eigenvalue weighted by Gasteiger charge is -2.45. The van der Waals surface area contributed by atoms with E-state index in [1.54, 1.807) is 12.1 Å². The van der Waals surface area contributed by atoms with Crippen LogP contribution in [-0.4, -0.2) is 36.0 Å². The fraction of sp³-hybridized carbons (Fsp3) is 0.533. The highest BCUT2D eigenvalue weighted by atomic mass is 19.1. The maximum absolute atomic E-state index is 13.9. The third kappa shape index (κ3) is 2.68. The Morgan fingerprint density at radius 3 is 2.70 bits per heavy atom. The molecule has 4 nitrogen and oxygen atoms in total. The predicted octanol–water partition coefficient (Wildman–Crippen LogP) is 1.12. The third-order valence-electron chi connectivity index (χ3n) is 4.06. The maximum atomic E-state index is 13.9. The van der Waals surface area contributed by atoms with Gasteiger partial charge < -0.3 is 15.2 Å². The molecule has 2 atom stereocenters. The molecular formula is C15H17FN2O2. The van der Waals surface area contributed by atoms with E-state index in [9.17, 15) is 9.50 Å². The van der Waals surface area contributed by atoms with Gasteiger partial charge in [0.15, 0.2) is 0 Å². The summed E-state index contributed by atoms with van der Waals surface area (Å²) in [6.45, 7) is 1.18. The fourth-order valence-electron chi connectivity index (χ4n) is 3.28. The van der Waals surface area contributed by atoms with Gasteiger partial charge in [-0.2, -0.15) is 5.26 Å². The van der Waals surface area contributed by atoms with Crippen LogP contribution in [0.2, 0.25) is 0 Å². The zero-order chi connectivity index (χ0) is 14.2. The second-order valence-electron chi connectivity index (χ2n) is 5.83. The van der Waals surface area contributed by atoms with Crippen LogP contribution >= 0.6 is 0 Å².